The quantitative estimate of drug-likeness (QED) is 0.461. The highest BCUT2D eigenvalue weighted by Crippen LogP contribution is 1.99. The average molecular weight is 160 g/mol. The highest BCUT2D eigenvalue weighted by atomic mass is 32.2. The maximum Gasteiger partial charge on any atom is 0.0808 e. The van der Waals surface area contributed by atoms with E-state index in [0.29, 0.717) is 5.75 Å². The van der Waals surface area contributed by atoms with Crippen molar-refractivity contribution >= 4 is 11.8 Å². The number of nitrogens with zero attached hydrogens (tertiary/aromatic N) is 1. The molecule has 0 amide bonds. The fourth-order valence-electron chi connectivity index (χ4n) is 0.466. The minimum absolute atomic E-state index is 0.590. The van der Waals surface area contributed by atoms with Crippen LogP contribution in [0, 0.1) is 11.3 Å². The van der Waals surface area contributed by atoms with E-state index in [2.05, 4.69) is 16.4 Å². The monoisotopic (exact) mass is 160 g/mol. The molecule has 0 aliphatic carbocycles. The van der Waals surface area contributed by atoms with E-state index < -0.39 is 0 Å². The summed E-state index contributed by atoms with van der Waals surface area (Å²) in [5.41, 5.74) is 2.73. The molecule has 0 saturated heterocycles. The molecule has 0 unspecified atom stereocenters. The van der Waals surface area contributed by atoms with Crippen LogP contribution in [0.5, 0.6) is 0 Å². The first-order chi connectivity index (χ1) is 4.91. The Morgan fingerprint density at radius 3 is 3.10 bits per heavy atom. The van der Waals surface area contributed by atoms with Crippen LogP contribution >= 0.6 is 11.8 Å². The van der Waals surface area contributed by atoms with Crippen molar-refractivity contribution in [1.29, 1.82) is 5.26 Å². The van der Waals surface area contributed by atoms with E-state index in [9.17, 15) is 0 Å². The summed E-state index contributed by atoms with van der Waals surface area (Å²) in [6.45, 7) is 0.856. The molecule has 10 heavy (non-hydrogen) atoms. The largest absolute Gasteiger partial charge is 0.305 e. The van der Waals surface area contributed by atoms with Gasteiger partial charge >= 0.3 is 0 Å². The summed E-state index contributed by atoms with van der Waals surface area (Å²) in [7, 11) is 1.60. The molecular weight excluding hydrogens is 148 g/mol. The van der Waals surface area contributed by atoms with Crippen LogP contribution in [-0.2, 0) is 4.84 Å². The Labute approximate surface area is 65.7 Å². The van der Waals surface area contributed by atoms with Gasteiger partial charge in [-0.05, 0) is 12.2 Å². The van der Waals surface area contributed by atoms with Crippen molar-refractivity contribution < 1.29 is 4.84 Å². The zero-order chi connectivity index (χ0) is 7.66. The first-order valence-corrected chi connectivity index (χ1v) is 4.28. The number of rotatable bonds is 6. The lowest BCUT2D eigenvalue weighted by atomic mass is 10.5. The molecule has 0 rings (SSSR count). The topological polar surface area (TPSA) is 45.0 Å². The molecular formula is C6H12N2OS. The molecule has 0 aromatic rings. The molecule has 0 heterocycles. The number of hydroxylamine groups is 1. The lowest BCUT2D eigenvalue weighted by Crippen LogP contribution is -2.13. The van der Waals surface area contributed by atoms with Gasteiger partial charge in [0.2, 0.25) is 0 Å². The highest BCUT2D eigenvalue weighted by Gasteiger charge is 1.86. The van der Waals surface area contributed by atoms with Crippen molar-refractivity contribution in [3.05, 3.63) is 0 Å². The Morgan fingerprint density at radius 1 is 1.70 bits per heavy atom. The Bertz CT molecular complexity index is 102. The van der Waals surface area contributed by atoms with Crippen LogP contribution in [0.25, 0.3) is 0 Å². The Balaban J connectivity index is 2.72. The van der Waals surface area contributed by atoms with Gasteiger partial charge in [0.05, 0.1) is 18.9 Å². The maximum atomic E-state index is 8.16. The van der Waals surface area contributed by atoms with Crippen LogP contribution in [0.3, 0.4) is 0 Å². The minimum atomic E-state index is 0.590. The number of hydrogen-bond donors (Lipinski definition) is 1. The van der Waals surface area contributed by atoms with Crippen LogP contribution in [0.1, 0.15) is 6.42 Å². The second kappa shape index (κ2) is 8.76. The van der Waals surface area contributed by atoms with Gasteiger partial charge in [-0.1, -0.05) is 0 Å². The van der Waals surface area contributed by atoms with Crippen LogP contribution in [-0.4, -0.2) is 25.2 Å². The molecule has 58 valence electrons. The SMILES string of the molecule is CONCCCSCC#N. The van der Waals surface area contributed by atoms with Gasteiger partial charge in [0, 0.05) is 6.54 Å². The highest BCUT2D eigenvalue weighted by molar-refractivity contribution is 7.99. The lowest BCUT2D eigenvalue weighted by Gasteiger charge is -1.98. The first-order valence-electron chi connectivity index (χ1n) is 3.12. The molecule has 0 fully saturated rings. The van der Waals surface area contributed by atoms with Crippen LogP contribution in [0.2, 0.25) is 0 Å². The van der Waals surface area contributed by atoms with E-state index in [0.717, 1.165) is 18.7 Å². The normalized spacial score (nSPS) is 9.20. The average Bonchev–Trinajstić information content (AvgIpc) is 1.97. The molecule has 3 nitrogen and oxygen atoms in total. The smallest absolute Gasteiger partial charge is 0.0808 e. The van der Waals surface area contributed by atoms with Crippen molar-refractivity contribution in [2.75, 3.05) is 25.2 Å². The fourth-order valence-corrected chi connectivity index (χ4v) is 1.05. The predicted octanol–water partition coefficient (Wildman–Crippen LogP) is 0.784. The molecule has 4 heteroatoms. The fraction of sp³-hybridized carbons (Fsp3) is 0.833. The van der Waals surface area contributed by atoms with Crippen molar-refractivity contribution in [3.63, 3.8) is 0 Å². The summed E-state index contributed by atoms with van der Waals surface area (Å²) >= 11 is 1.65. The van der Waals surface area contributed by atoms with Gasteiger partial charge in [0.15, 0.2) is 0 Å². The molecule has 1 N–H and O–H groups in total. The molecule has 0 saturated carbocycles. The van der Waals surface area contributed by atoms with Gasteiger partial charge < -0.3 is 4.84 Å². The van der Waals surface area contributed by atoms with Crippen molar-refractivity contribution in [1.82, 2.24) is 5.48 Å². The summed E-state index contributed by atoms with van der Waals surface area (Å²) in [5, 5.41) is 8.16. The third-order valence-electron chi connectivity index (χ3n) is 0.878. The molecule has 0 aromatic heterocycles. The molecule has 0 aliphatic rings. The van der Waals surface area contributed by atoms with Crippen molar-refractivity contribution in [2.45, 2.75) is 6.42 Å². The molecule has 0 atom stereocenters. The van der Waals surface area contributed by atoms with E-state index in [1.54, 1.807) is 18.9 Å². The Morgan fingerprint density at radius 2 is 2.50 bits per heavy atom. The van der Waals surface area contributed by atoms with Crippen LogP contribution in [0.4, 0.5) is 0 Å². The van der Waals surface area contributed by atoms with E-state index in [1.807, 2.05) is 0 Å². The van der Waals surface area contributed by atoms with Crippen LogP contribution < -0.4 is 5.48 Å². The minimum Gasteiger partial charge on any atom is -0.305 e. The number of nitrogens with one attached hydrogen (secondary N) is 1. The summed E-state index contributed by atoms with van der Waals surface area (Å²) in [4.78, 5) is 4.62. The standard InChI is InChI=1S/C6H12N2OS/c1-9-8-4-2-5-10-6-3-7/h8H,2,4-6H2,1H3. The summed E-state index contributed by atoms with van der Waals surface area (Å²) in [5.74, 6) is 1.61. The first kappa shape index (κ1) is 9.76. The van der Waals surface area contributed by atoms with E-state index in [-0.39, 0.29) is 0 Å². The van der Waals surface area contributed by atoms with Crippen molar-refractivity contribution in [3.8, 4) is 6.07 Å². The van der Waals surface area contributed by atoms with Crippen molar-refractivity contribution in [2.24, 2.45) is 0 Å². The zero-order valence-electron chi connectivity index (χ0n) is 6.09. The third kappa shape index (κ3) is 7.76. The molecule has 0 bridgehead atoms. The van der Waals surface area contributed by atoms with Gasteiger partial charge in [0.25, 0.3) is 0 Å². The molecule has 0 radical (unpaired) electrons. The van der Waals surface area contributed by atoms with Crippen LogP contribution in [0.15, 0.2) is 0 Å². The van der Waals surface area contributed by atoms with E-state index in [1.165, 1.54) is 0 Å². The number of nitriles is 1. The lowest BCUT2D eigenvalue weighted by molar-refractivity contribution is 0.0922. The second-order valence-electron chi connectivity index (χ2n) is 1.66. The maximum absolute atomic E-state index is 8.16. The third-order valence-corrected chi connectivity index (χ3v) is 1.79. The summed E-state index contributed by atoms with van der Waals surface area (Å²) in [6.07, 6.45) is 1.04. The van der Waals surface area contributed by atoms with E-state index in [4.69, 9.17) is 5.26 Å². The second-order valence-corrected chi connectivity index (χ2v) is 2.77. The summed E-state index contributed by atoms with van der Waals surface area (Å²) in [6, 6.07) is 2.07. The van der Waals surface area contributed by atoms with Gasteiger partial charge in [-0.15, -0.1) is 11.8 Å². The van der Waals surface area contributed by atoms with Gasteiger partial charge in [-0.3, -0.25) is 0 Å². The summed E-state index contributed by atoms with van der Waals surface area (Å²) < 4.78 is 0. The number of hydrogen-bond acceptors (Lipinski definition) is 4. The molecule has 0 aromatic carbocycles. The van der Waals surface area contributed by atoms with Gasteiger partial charge in [0.1, 0.15) is 0 Å². The number of thioether (sulfide) groups is 1. The molecule has 0 spiro atoms. The van der Waals surface area contributed by atoms with Gasteiger partial charge in [-0.2, -0.15) is 5.26 Å². The predicted molar refractivity (Wildman–Crippen MR) is 42.6 cm³/mol. The van der Waals surface area contributed by atoms with E-state index >= 15 is 0 Å². The van der Waals surface area contributed by atoms with Gasteiger partial charge in [-0.25, -0.2) is 5.48 Å². The Hall–Kier alpha value is -0.240. The Kier molecular flexibility index (Phi) is 8.55. The zero-order valence-corrected chi connectivity index (χ0v) is 6.91. The molecule has 0 aliphatic heterocycles.